The summed E-state index contributed by atoms with van der Waals surface area (Å²) < 4.78 is 0.0997. The van der Waals surface area contributed by atoms with E-state index in [9.17, 15) is 10.1 Å². The van der Waals surface area contributed by atoms with Crippen LogP contribution in [0.3, 0.4) is 0 Å². The number of nitrogens with one attached hydrogen (secondary N) is 1. The summed E-state index contributed by atoms with van der Waals surface area (Å²) in [7, 11) is 0. The molecule has 2 aromatic carbocycles. The van der Waals surface area contributed by atoms with Crippen LogP contribution in [0.5, 0.6) is 0 Å². The number of amides is 1. The third kappa shape index (κ3) is 4.76. The number of carbonyl (C=O) groups is 1. The van der Waals surface area contributed by atoms with Gasteiger partial charge in [-0.05, 0) is 0 Å². The van der Waals surface area contributed by atoms with Crippen molar-refractivity contribution in [2.45, 2.75) is 11.2 Å². The summed E-state index contributed by atoms with van der Waals surface area (Å²) in [6, 6.07) is 16.4. The zero-order chi connectivity index (χ0) is 18.3. The molecule has 0 aliphatic rings. The number of anilines is 1. The molecule has 0 saturated carbocycles. The molecule has 126 valence electrons. The minimum atomic E-state index is -0.907. The van der Waals surface area contributed by atoms with Gasteiger partial charge in [0.05, 0.1) is 0 Å². The first-order valence-corrected chi connectivity index (χ1v) is 9.34. The van der Waals surface area contributed by atoms with Crippen molar-refractivity contribution in [2.75, 3.05) is 11.9 Å². The van der Waals surface area contributed by atoms with Gasteiger partial charge in [0, 0.05) is 0 Å². The van der Waals surface area contributed by atoms with E-state index in [4.69, 9.17) is 17.1 Å². The molecule has 0 bridgehead atoms. The first-order chi connectivity index (χ1) is 12.0. The molecule has 1 atom stereocenters. The van der Waals surface area contributed by atoms with E-state index in [0.29, 0.717) is 5.69 Å². The summed E-state index contributed by atoms with van der Waals surface area (Å²) in [5.41, 5.74) is 9.21. The fourth-order valence-electron chi connectivity index (χ4n) is 2.06. The van der Waals surface area contributed by atoms with Gasteiger partial charge in [0.25, 0.3) is 0 Å². The Kier molecular flexibility index (Phi) is 6.46. The van der Waals surface area contributed by atoms with Crippen LogP contribution in [0.4, 0.5) is 5.69 Å². The van der Waals surface area contributed by atoms with Gasteiger partial charge in [0.1, 0.15) is 0 Å². The van der Waals surface area contributed by atoms with E-state index >= 15 is 0 Å². The van der Waals surface area contributed by atoms with Gasteiger partial charge in [-0.1, -0.05) is 0 Å². The summed E-state index contributed by atoms with van der Waals surface area (Å²) in [6.07, 6.45) is 0. The second-order valence-electron chi connectivity index (χ2n) is 5.26. The number of carbonyl (C=O) groups excluding carboxylic acids is 1. The Morgan fingerprint density at radius 1 is 1.36 bits per heavy atom. The van der Waals surface area contributed by atoms with Crippen molar-refractivity contribution >= 4 is 42.6 Å². The maximum absolute atomic E-state index is 12.9. The number of hydrogen-bond acceptors (Lipinski definition) is 3. The van der Waals surface area contributed by atoms with Gasteiger partial charge in [-0.2, -0.15) is 0 Å². The molecule has 25 heavy (non-hydrogen) atoms. The van der Waals surface area contributed by atoms with Gasteiger partial charge in [-0.3, -0.25) is 0 Å². The van der Waals surface area contributed by atoms with Crippen LogP contribution in [-0.2, 0) is 4.79 Å². The predicted molar refractivity (Wildman–Crippen MR) is 99.0 cm³/mol. The molecule has 0 fully saturated rings. The van der Waals surface area contributed by atoms with Gasteiger partial charge < -0.3 is 0 Å². The summed E-state index contributed by atoms with van der Waals surface area (Å²) in [5.74, 6) is -0.317. The molecular weight excluding hydrogens is 405 g/mol. The van der Waals surface area contributed by atoms with Crippen molar-refractivity contribution in [3.8, 4) is 6.07 Å². The number of benzene rings is 2. The molecule has 1 N–H and O–H groups in total. The van der Waals surface area contributed by atoms with Gasteiger partial charge in [0.15, 0.2) is 0 Å². The molecule has 8 heteroatoms. The third-order valence-electron chi connectivity index (χ3n) is 3.38. The standard InChI is InChI=1S/C17H14ClN5OSe/c1-17(11-21-23-20,25-12-6-3-2-4-7-12)16(24)22-15-9-5-8-14(18)13(15)10-19/h2-9H,11H2,1H3,(H,22,24). The molecule has 1 unspecified atom stereocenters. The van der Waals surface area contributed by atoms with E-state index in [1.54, 1.807) is 25.1 Å². The van der Waals surface area contributed by atoms with Crippen molar-refractivity contribution in [3.05, 3.63) is 69.6 Å². The van der Waals surface area contributed by atoms with Crippen LogP contribution in [0.25, 0.3) is 10.4 Å². The average Bonchev–Trinajstić information content (AvgIpc) is 2.61. The fraction of sp³-hybridized carbons (Fsp3) is 0.176. The van der Waals surface area contributed by atoms with Crippen LogP contribution in [0, 0.1) is 11.3 Å². The van der Waals surface area contributed by atoms with Crippen LogP contribution in [0.1, 0.15) is 12.5 Å². The zero-order valence-electron chi connectivity index (χ0n) is 13.3. The molecule has 0 aliphatic heterocycles. The Hall–Kier alpha value is -2.48. The van der Waals surface area contributed by atoms with E-state index in [2.05, 4.69) is 15.3 Å². The number of azide groups is 1. The molecule has 2 rings (SSSR count). The van der Waals surface area contributed by atoms with E-state index in [-0.39, 0.29) is 38.0 Å². The Bertz CT molecular complexity index is 861. The average molecular weight is 419 g/mol. The van der Waals surface area contributed by atoms with E-state index in [1.165, 1.54) is 0 Å². The number of nitriles is 1. The van der Waals surface area contributed by atoms with E-state index in [1.807, 2.05) is 36.4 Å². The van der Waals surface area contributed by atoms with E-state index in [0.717, 1.165) is 4.46 Å². The van der Waals surface area contributed by atoms with Crippen LogP contribution in [0.2, 0.25) is 9.34 Å². The van der Waals surface area contributed by atoms with Crippen molar-refractivity contribution in [1.29, 1.82) is 5.26 Å². The Morgan fingerprint density at radius 2 is 2.08 bits per heavy atom. The van der Waals surface area contributed by atoms with Crippen LogP contribution in [0.15, 0.2) is 53.6 Å². The van der Waals surface area contributed by atoms with Crippen LogP contribution < -0.4 is 9.78 Å². The maximum atomic E-state index is 12.9. The Balaban J connectivity index is 2.31. The number of nitrogens with zero attached hydrogens (tertiary/aromatic N) is 4. The Labute approximate surface area is 156 Å². The molecule has 0 saturated heterocycles. The zero-order valence-corrected chi connectivity index (χ0v) is 15.8. The molecule has 2 aromatic rings. The Morgan fingerprint density at radius 3 is 2.72 bits per heavy atom. The SMILES string of the molecule is CC(CN=[N+]=[N-])([Se]c1ccccc1)C(=O)Nc1cccc(Cl)c1C#N. The topological polar surface area (TPSA) is 102 Å². The molecule has 1 amide bonds. The fourth-order valence-corrected chi connectivity index (χ4v) is 4.54. The molecule has 0 heterocycles. The quantitative estimate of drug-likeness (QED) is 0.335. The van der Waals surface area contributed by atoms with Crippen molar-refractivity contribution in [2.24, 2.45) is 5.11 Å². The second-order valence-corrected chi connectivity index (χ2v) is 8.98. The van der Waals surface area contributed by atoms with E-state index < -0.39 is 4.31 Å². The number of rotatable bonds is 6. The van der Waals surface area contributed by atoms with Crippen LogP contribution in [-0.4, -0.2) is 27.4 Å². The summed E-state index contributed by atoms with van der Waals surface area (Å²) in [4.78, 5) is 15.7. The summed E-state index contributed by atoms with van der Waals surface area (Å²) in [6.45, 7) is 1.77. The number of halogens is 1. The van der Waals surface area contributed by atoms with Crippen molar-refractivity contribution in [1.82, 2.24) is 0 Å². The molecule has 0 aromatic heterocycles. The minimum absolute atomic E-state index is 0.0205. The summed E-state index contributed by atoms with van der Waals surface area (Å²) >= 11 is 5.72. The first kappa shape index (κ1) is 18.9. The van der Waals surface area contributed by atoms with Gasteiger partial charge >= 0.3 is 157 Å². The third-order valence-corrected chi connectivity index (χ3v) is 6.36. The normalized spacial score (nSPS) is 12.4. The second kappa shape index (κ2) is 8.57. The van der Waals surface area contributed by atoms with Gasteiger partial charge in [0.2, 0.25) is 0 Å². The monoisotopic (exact) mass is 419 g/mol. The molecule has 0 aliphatic carbocycles. The molecule has 0 spiro atoms. The molecular formula is C17H14ClN5OSe. The molecule has 0 radical (unpaired) electrons. The van der Waals surface area contributed by atoms with Crippen molar-refractivity contribution < 1.29 is 4.79 Å². The van der Waals surface area contributed by atoms with Crippen LogP contribution >= 0.6 is 11.6 Å². The van der Waals surface area contributed by atoms with Crippen molar-refractivity contribution in [3.63, 3.8) is 0 Å². The number of hydrogen-bond donors (Lipinski definition) is 1. The van der Waals surface area contributed by atoms with Gasteiger partial charge in [-0.15, -0.1) is 0 Å². The first-order valence-electron chi connectivity index (χ1n) is 7.25. The molecule has 6 nitrogen and oxygen atoms in total. The predicted octanol–water partition coefficient (Wildman–Crippen LogP) is 3.67. The van der Waals surface area contributed by atoms with Gasteiger partial charge in [-0.25, -0.2) is 0 Å². The summed E-state index contributed by atoms with van der Waals surface area (Å²) in [5, 5.41) is 15.9.